The zero-order chi connectivity index (χ0) is 11.5. The molecular formula is C11H11ClN2O2. The van der Waals surface area contributed by atoms with Crippen LogP contribution in [-0.4, -0.2) is 12.3 Å². The van der Waals surface area contributed by atoms with Crippen LogP contribution in [-0.2, 0) is 11.3 Å². The van der Waals surface area contributed by atoms with E-state index in [1.807, 2.05) is 12.1 Å². The lowest BCUT2D eigenvalue weighted by molar-refractivity contribution is 0.185. The van der Waals surface area contributed by atoms with Crippen molar-refractivity contribution in [2.45, 2.75) is 6.61 Å². The van der Waals surface area contributed by atoms with Gasteiger partial charge in [0.15, 0.2) is 0 Å². The largest absolute Gasteiger partial charge is 0.380 e. The summed E-state index contributed by atoms with van der Waals surface area (Å²) >= 11 is 6.15. The lowest BCUT2D eigenvalue weighted by Gasteiger charge is -2.09. The zero-order valence-electron chi connectivity index (χ0n) is 8.74. The van der Waals surface area contributed by atoms with Crippen molar-refractivity contribution < 1.29 is 9.26 Å². The number of nitrogens with zero attached hydrogens (tertiary/aromatic N) is 1. The van der Waals surface area contributed by atoms with Gasteiger partial charge < -0.3 is 15.0 Å². The first-order chi connectivity index (χ1) is 7.74. The van der Waals surface area contributed by atoms with Crippen molar-refractivity contribution in [3.63, 3.8) is 0 Å². The number of aromatic nitrogens is 1. The highest BCUT2D eigenvalue weighted by Crippen LogP contribution is 2.35. The molecule has 0 fully saturated rings. The number of methoxy groups -OCH3 is 1. The normalized spacial score (nSPS) is 10.6. The van der Waals surface area contributed by atoms with Gasteiger partial charge >= 0.3 is 0 Å². The SMILES string of the molecule is COCc1cccc(Cl)c1-c1cnoc1N. The lowest BCUT2D eigenvalue weighted by Crippen LogP contribution is -1.94. The standard InChI is InChI=1S/C11H11ClN2O2/c1-15-6-7-3-2-4-9(12)10(7)8-5-14-16-11(8)13/h2-5H,6,13H2,1H3. The summed E-state index contributed by atoms with van der Waals surface area (Å²) in [5.74, 6) is 0.255. The third-order valence-corrected chi connectivity index (χ3v) is 2.58. The molecule has 0 aliphatic heterocycles. The number of rotatable bonds is 3. The van der Waals surface area contributed by atoms with E-state index in [1.54, 1.807) is 19.4 Å². The van der Waals surface area contributed by atoms with Crippen molar-refractivity contribution in [3.8, 4) is 11.1 Å². The van der Waals surface area contributed by atoms with Crippen LogP contribution in [0.2, 0.25) is 5.02 Å². The summed E-state index contributed by atoms with van der Waals surface area (Å²) in [4.78, 5) is 0. The van der Waals surface area contributed by atoms with Gasteiger partial charge in [0.1, 0.15) is 0 Å². The molecule has 0 atom stereocenters. The van der Waals surface area contributed by atoms with E-state index in [9.17, 15) is 0 Å². The molecule has 0 saturated carbocycles. The quantitative estimate of drug-likeness (QED) is 0.893. The van der Waals surface area contributed by atoms with E-state index in [-0.39, 0.29) is 5.88 Å². The summed E-state index contributed by atoms with van der Waals surface area (Å²) in [6.45, 7) is 0.459. The van der Waals surface area contributed by atoms with E-state index in [1.165, 1.54) is 0 Å². The Morgan fingerprint density at radius 2 is 2.31 bits per heavy atom. The molecule has 4 nitrogen and oxygen atoms in total. The van der Waals surface area contributed by atoms with Gasteiger partial charge in [0.2, 0.25) is 5.88 Å². The smallest absolute Gasteiger partial charge is 0.230 e. The van der Waals surface area contributed by atoms with E-state index in [0.717, 1.165) is 11.1 Å². The number of halogens is 1. The van der Waals surface area contributed by atoms with E-state index >= 15 is 0 Å². The maximum atomic E-state index is 6.15. The second-order valence-electron chi connectivity index (χ2n) is 3.31. The fourth-order valence-electron chi connectivity index (χ4n) is 1.58. The number of nitrogen functional groups attached to an aromatic ring is 1. The summed E-state index contributed by atoms with van der Waals surface area (Å²) in [6, 6.07) is 5.59. The van der Waals surface area contributed by atoms with Crippen LogP contribution < -0.4 is 5.73 Å². The first kappa shape index (κ1) is 11.0. The molecule has 0 saturated heterocycles. The summed E-state index contributed by atoms with van der Waals surface area (Å²) in [5.41, 5.74) is 8.13. The van der Waals surface area contributed by atoms with Crippen LogP contribution in [0, 0.1) is 0 Å². The van der Waals surface area contributed by atoms with Gasteiger partial charge in [-0.15, -0.1) is 0 Å². The maximum absolute atomic E-state index is 6.15. The van der Waals surface area contributed by atoms with Gasteiger partial charge in [0.25, 0.3) is 0 Å². The Hall–Kier alpha value is -1.52. The first-order valence-corrected chi connectivity index (χ1v) is 5.08. The van der Waals surface area contributed by atoms with Gasteiger partial charge in [-0.05, 0) is 11.6 Å². The van der Waals surface area contributed by atoms with Crippen LogP contribution >= 0.6 is 11.6 Å². The van der Waals surface area contributed by atoms with Gasteiger partial charge in [-0.1, -0.05) is 28.9 Å². The Bertz CT molecular complexity index is 496. The summed E-state index contributed by atoms with van der Waals surface area (Å²) in [7, 11) is 1.63. The summed E-state index contributed by atoms with van der Waals surface area (Å²) in [5, 5.41) is 4.24. The topological polar surface area (TPSA) is 61.3 Å². The Balaban J connectivity index is 2.58. The maximum Gasteiger partial charge on any atom is 0.230 e. The third kappa shape index (κ3) is 1.89. The summed E-state index contributed by atoms with van der Waals surface area (Å²) in [6.07, 6.45) is 1.55. The Labute approximate surface area is 97.9 Å². The fourth-order valence-corrected chi connectivity index (χ4v) is 1.88. The Morgan fingerprint density at radius 3 is 2.94 bits per heavy atom. The molecule has 0 unspecified atom stereocenters. The molecule has 0 aliphatic carbocycles. The van der Waals surface area contributed by atoms with Crippen molar-refractivity contribution >= 4 is 17.5 Å². The zero-order valence-corrected chi connectivity index (χ0v) is 9.49. The number of hydrogen-bond donors (Lipinski definition) is 1. The van der Waals surface area contributed by atoms with Crippen LogP contribution in [0.5, 0.6) is 0 Å². The highest BCUT2D eigenvalue weighted by Gasteiger charge is 2.14. The van der Waals surface area contributed by atoms with E-state index in [0.29, 0.717) is 17.2 Å². The molecule has 5 heteroatoms. The van der Waals surface area contributed by atoms with Crippen LogP contribution in [0.4, 0.5) is 5.88 Å². The molecule has 0 spiro atoms. The van der Waals surface area contributed by atoms with E-state index in [2.05, 4.69) is 5.16 Å². The molecule has 0 radical (unpaired) electrons. The highest BCUT2D eigenvalue weighted by molar-refractivity contribution is 6.33. The average molecular weight is 239 g/mol. The van der Waals surface area contributed by atoms with Crippen LogP contribution in [0.15, 0.2) is 28.9 Å². The number of nitrogens with two attached hydrogens (primary N) is 1. The minimum atomic E-state index is 0.255. The number of anilines is 1. The third-order valence-electron chi connectivity index (χ3n) is 2.27. The highest BCUT2D eigenvalue weighted by atomic mass is 35.5. The van der Waals surface area contributed by atoms with Crippen LogP contribution in [0.1, 0.15) is 5.56 Å². The Kier molecular flexibility index (Phi) is 3.12. The van der Waals surface area contributed by atoms with Crippen molar-refractivity contribution in [1.29, 1.82) is 0 Å². The van der Waals surface area contributed by atoms with E-state index < -0.39 is 0 Å². The minimum absolute atomic E-state index is 0.255. The summed E-state index contributed by atoms with van der Waals surface area (Å²) < 4.78 is 9.95. The molecule has 0 bridgehead atoms. The first-order valence-electron chi connectivity index (χ1n) is 4.71. The number of hydrogen-bond acceptors (Lipinski definition) is 4. The number of ether oxygens (including phenoxy) is 1. The fraction of sp³-hybridized carbons (Fsp3) is 0.182. The Morgan fingerprint density at radius 1 is 1.50 bits per heavy atom. The molecule has 84 valence electrons. The molecule has 16 heavy (non-hydrogen) atoms. The predicted octanol–water partition coefficient (Wildman–Crippen LogP) is 2.72. The van der Waals surface area contributed by atoms with Gasteiger partial charge in [0.05, 0.1) is 18.4 Å². The van der Waals surface area contributed by atoms with Crippen molar-refractivity contribution in [1.82, 2.24) is 5.16 Å². The van der Waals surface area contributed by atoms with Crippen molar-refractivity contribution in [2.75, 3.05) is 12.8 Å². The van der Waals surface area contributed by atoms with Gasteiger partial charge in [-0.3, -0.25) is 0 Å². The molecule has 0 aliphatic rings. The van der Waals surface area contributed by atoms with Gasteiger partial charge in [-0.2, -0.15) is 0 Å². The molecular weight excluding hydrogens is 228 g/mol. The van der Waals surface area contributed by atoms with E-state index in [4.69, 9.17) is 26.6 Å². The molecule has 1 heterocycles. The van der Waals surface area contributed by atoms with Gasteiger partial charge in [-0.25, -0.2) is 0 Å². The second kappa shape index (κ2) is 4.55. The molecule has 2 rings (SSSR count). The monoisotopic (exact) mass is 238 g/mol. The molecule has 1 aromatic heterocycles. The lowest BCUT2D eigenvalue weighted by atomic mass is 10.0. The van der Waals surface area contributed by atoms with Gasteiger partial charge in [0, 0.05) is 17.7 Å². The van der Waals surface area contributed by atoms with Crippen LogP contribution in [0.3, 0.4) is 0 Å². The molecule has 2 N–H and O–H groups in total. The second-order valence-corrected chi connectivity index (χ2v) is 3.72. The predicted molar refractivity (Wildman–Crippen MR) is 62.1 cm³/mol. The van der Waals surface area contributed by atoms with Crippen molar-refractivity contribution in [3.05, 3.63) is 35.0 Å². The molecule has 1 aromatic carbocycles. The number of benzene rings is 1. The minimum Gasteiger partial charge on any atom is -0.380 e. The average Bonchev–Trinajstić information content (AvgIpc) is 2.65. The van der Waals surface area contributed by atoms with Crippen LogP contribution in [0.25, 0.3) is 11.1 Å². The van der Waals surface area contributed by atoms with Crippen molar-refractivity contribution in [2.24, 2.45) is 0 Å². The molecule has 2 aromatic rings. The molecule has 0 amide bonds.